The Morgan fingerprint density at radius 3 is 2.24 bits per heavy atom. The number of halogens is 1. The minimum absolute atomic E-state index is 0.0651. The van der Waals surface area contributed by atoms with E-state index in [4.69, 9.17) is 11.6 Å². The Bertz CT molecular complexity index is 1120. The summed E-state index contributed by atoms with van der Waals surface area (Å²) in [6.07, 6.45) is 1.06. The SMILES string of the molecule is Cc1cccc(N(CC(=O)N(Cc2ccccc2Cl)[C@@H](C)C(=O)NC(C)C)S(C)(=O)=O)c1C. The van der Waals surface area contributed by atoms with Crippen LogP contribution in [-0.2, 0) is 26.2 Å². The van der Waals surface area contributed by atoms with Crippen molar-refractivity contribution in [3.05, 3.63) is 64.2 Å². The standard InChI is InChI=1S/C24H32ClN3O4S/c1-16(2)26-24(30)19(5)27(14-20-11-7-8-12-21(20)25)23(29)15-28(33(6,31)32)22-13-9-10-17(3)18(22)4/h7-13,16,19H,14-15H2,1-6H3,(H,26,30)/t19-/m0/s1. The van der Waals surface area contributed by atoms with Gasteiger partial charge in [0.05, 0.1) is 11.9 Å². The number of aryl methyl sites for hydroxylation is 1. The molecule has 0 saturated carbocycles. The van der Waals surface area contributed by atoms with Crippen LogP contribution < -0.4 is 9.62 Å². The predicted octanol–water partition coefficient (Wildman–Crippen LogP) is 3.66. The summed E-state index contributed by atoms with van der Waals surface area (Å²) in [7, 11) is -3.77. The summed E-state index contributed by atoms with van der Waals surface area (Å²) in [5.41, 5.74) is 2.77. The van der Waals surface area contributed by atoms with Crippen molar-refractivity contribution in [3.63, 3.8) is 0 Å². The van der Waals surface area contributed by atoms with Crippen LogP contribution in [0, 0.1) is 13.8 Å². The zero-order valence-electron chi connectivity index (χ0n) is 19.9. The van der Waals surface area contributed by atoms with Gasteiger partial charge in [-0.25, -0.2) is 8.42 Å². The summed E-state index contributed by atoms with van der Waals surface area (Å²) in [5.74, 6) is -0.837. The number of amides is 2. The van der Waals surface area contributed by atoms with Crippen LogP contribution in [-0.4, -0.2) is 50.0 Å². The van der Waals surface area contributed by atoms with E-state index in [0.717, 1.165) is 21.7 Å². The fourth-order valence-corrected chi connectivity index (χ4v) is 4.49. The highest BCUT2D eigenvalue weighted by Crippen LogP contribution is 2.26. The van der Waals surface area contributed by atoms with E-state index in [1.807, 2.05) is 33.8 Å². The Labute approximate surface area is 201 Å². The molecular weight excluding hydrogens is 462 g/mol. The molecule has 180 valence electrons. The number of nitrogens with zero attached hydrogens (tertiary/aromatic N) is 2. The third-order valence-electron chi connectivity index (χ3n) is 5.42. The maximum Gasteiger partial charge on any atom is 0.244 e. The first-order valence-electron chi connectivity index (χ1n) is 10.7. The largest absolute Gasteiger partial charge is 0.352 e. The lowest BCUT2D eigenvalue weighted by atomic mass is 10.1. The number of carbonyl (C=O) groups is 2. The van der Waals surface area contributed by atoms with E-state index in [-0.39, 0.29) is 18.5 Å². The quantitative estimate of drug-likeness (QED) is 0.577. The Hall–Kier alpha value is -2.58. The molecule has 0 heterocycles. The van der Waals surface area contributed by atoms with E-state index in [1.165, 1.54) is 4.90 Å². The highest BCUT2D eigenvalue weighted by molar-refractivity contribution is 7.92. The molecule has 2 rings (SSSR count). The van der Waals surface area contributed by atoms with Gasteiger partial charge in [-0.2, -0.15) is 0 Å². The van der Waals surface area contributed by atoms with Gasteiger partial charge < -0.3 is 10.2 Å². The van der Waals surface area contributed by atoms with Gasteiger partial charge in [0.1, 0.15) is 12.6 Å². The normalized spacial score (nSPS) is 12.4. The van der Waals surface area contributed by atoms with E-state index in [0.29, 0.717) is 16.3 Å². The van der Waals surface area contributed by atoms with Gasteiger partial charge in [0.25, 0.3) is 0 Å². The summed E-state index contributed by atoms with van der Waals surface area (Å²) in [6.45, 7) is 8.60. The Morgan fingerprint density at radius 2 is 1.67 bits per heavy atom. The van der Waals surface area contributed by atoms with Gasteiger partial charge >= 0.3 is 0 Å². The number of rotatable bonds is 9. The number of carbonyl (C=O) groups excluding carboxylic acids is 2. The Balaban J connectivity index is 2.45. The first kappa shape index (κ1) is 26.7. The summed E-state index contributed by atoms with van der Waals surface area (Å²) in [6, 6.07) is 11.4. The number of benzene rings is 2. The molecule has 0 fully saturated rings. The lowest BCUT2D eigenvalue weighted by molar-refractivity contribution is -0.139. The zero-order chi connectivity index (χ0) is 24.9. The third kappa shape index (κ3) is 6.95. The van der Waals surface area contributed by atoms with Gasteiger partial charge in [-0.1, -0.05) is 41.9 Å². The maximum absolute atomic E-state index is 13.5. The molecule has 0 unspecified atom stereocenters. The first-order chi connectivity index (χ1) is 15.3. The molecule has 0 radical (unpaired) electrons. The van der Waals surface area contributed by atoms with E-state index < -0.39 is 28.5 Å². The van der Waals surface area contributed by atoms with Crippen LogP contribution in [0.25, 0.3) is 0 Å². The van der Waals surface area contributed by atoms with Crippen molar-refractivity contribution in [3.8, 4) is 0 Å². The molecule has 0 saturated heterocycles. The van der Waals surface area contributed by atoms with Crippen molar-refractivity contribution in [1.29, 1.82) is 0 Å². The molecule has 7 nitrogen and oxygen atoms in total. The van der Waals surface area contributed by atoms with E-state index in [9.17, 15) is 18.0 Å². The molecular formula is C24H32ClN3O4S. The van der Waals surface area contributed by atoms with E-state index in [2.05, 4.69) is 5.32 Å². The Morgan fingerprint density at radius 1 is 1.03 bits per heavy atom. The Kier molecular flexibility index (Phi) is 8.91. The second-order valence-electron chi connectivity index (χ2n) is 8.44. The van der Waals surface area contributed by atoms with Crippen LogP contribution in [0.5, 0.6) is 0 Å². The molecule has 2 aromatic rings. The minimum Gasteiger partial charge on any atom is -0.352 e. The molecule has 9 heteroatoms. The van der Waals surface area contributed by atoms with Crippen LogP contribution in [0.3, 0.4) is 0 Å². The van der Waals surface area contributed by atoms with E-state index >= 15 is 0 Å². The molecule has 1 N–H and O–H groups in total. The highest BCUT2D eigenvalue weighted by atomic mass is 35.5. The molecule has 0 aliphatic heterocycles. The molecule has 0 bridgehead atoms. The van der Waals surface area contributed by atoms with Crippen LogP contribution in [0.2, 0.25) is 5.02 Å². The molecule has 2 aromatic carbocycles. The number of nitrogens with one attached hydrogen (secondary N) is 1. The van der Waals surface area contributed by atoms with Crippen LogP contribution in [0.15, 0.2) is 42.5 Å². The molecule has 0 aliphatic carbocycles. The first-order valence-corrected chi connectivity index (χ1v) is 12.9. The fourth-order valence-electron chi connectivity index (χ4n) is 3.40. The van der Waals surface area contributed by atoms with Gasteiger partial charge in [0, 0.05) is 17.6 Å². The topological polar surface area (TPSA) is 86.8 Å². The predicted molar refractivity (Wildman–Crippen MR) is 133 cm³/mol. The summed E-state index contributed by atoms with van der Waals surface area (Å²) < 4.78 is 26.4. The highest BCUT2D eigenvalue weighted by Gasteiger charge is 2.31. The molecule has 1 atom stereocenters. The minimum atomic E-state index is -3.77. The van der Waals surface area contributed by atoms with Gasteiger partial charge in [0.2, 0.25) is 21.8 Å². The van der Waals surface area contributed by atoms with Gasteiger partial charge in [-0.3, -0.25) is 13.9 Å². The van der Waals surface area contributed by atoms with Crippen molar-refractivity contribution in [2.75, 3.05) is 17.1 Å². The van der Waals surface area contributed by atoms with Crippen LogP contribution in [0.4, 0.5) is 5.69 Å². The monoisotopic (exact) mass is 493 g/mol. The zero-order valence-corrected chi connectivity index (χ0v) is 21.5. The van der Waals surface area contributed by atoms with Crippen LogP contribution in [0.1, 0.15) is 37.5 Å². The molecule has 0 spiro atoms. The summed E-state index contributed by atoms with van der Waals surface area (Å²) >= 11 is 6.31. The fraction of sp³-hybridized carbons (Fsp3) is 0.417. The number of hydrogen-bond donors (Lipinski definition) is 1. The number of sulfonamides is 1. The smallest absolute Gasteiger partial charge is 0.244 e. The van der Waals surface area contributed by atoms with Gasteiger partial charge in [-0.05, 0) is 63.4 Å². The second kappa shape index (κ2) is 11.0. The number of hydrogen-bond acceptors (Lipinski definition) is 4. The van der Waals surface area contributed by atoms with Crippen LogP contribution >= 0.6 is 11.6 Å². The van der Waals surface area contributed by atoms with Gasteiger partial charge in [-0.15, -0.1) is 0 Å². The molecule has 0 aliphatic rings. The summed E-state index contributed by atoms with van der Waals surface area (Å²) in [5, 5.41) is 3.27. The summed E-state index contributed by atoms with van der Waals surface area (Å²) in [4.78, 5) is 27.6. The lowest BCUT2D eigenvalue weighted by Gasteiger charge is -2.32. The maximum atomic E-state index is 13.5. The average Bonchev–Trinajstić information content (AvgIpc) is 2.71. The molecule has 2 amide bonds. The second-order valence-corrected chi connectivity index (χ2v) is 10.8. The lowest BCUT2D eigenvalue weighted by Crippen LogP contribution is -2.52. The average molecular weight is 494 g/mol. The number of anilines is 1. The van der Waals surface area contributed by atoms with Crippen molar-refractivity contribution in [1.82, 2.24) is 10.2 Å². The third-order valence-corrected chi connectivity index (χ3v) is 6.92. The van der Waals surface area contributed by atoms with Crippen molar-refractivity contribution in [2.45, 2.75) is 53.2 Å². The molecule has 0 aromatic heterocycles. The van der Waals surface area contributed by atoms with Crippen molar-refractivity contribution >= 4 is 39.1 Å². The van der Waals surface area contributed by atoms with E-state index in [1.54, 1.807) is 43.3 Å². The van der Waals surface area contributed by atoms with Crippen molar-refractivity contribution in [2.24, 2.45) is 0 Å². The van der Waals surface area contributed by atoms with Crippen molar-refractivity contribution < 1.29 is 18.0 Å². The molecule has 33 heavy (non-hydrogen) atoms. The van der Waals surface area contributed by atoms with Gasteiger partial charge in [0.15, 0.2) is 0 Å².